The number of anilines is 1. The number of nitrogens with zero attached hydrogens (tertiary/aromatic N) is 3. The van der Waals surface area contributed by atoms with Gasteiger partial charge in [0.1, 0.15) is 5.69 Å². The highest BCUT2D eigenvalue weighted by Gasteiger charge is 2.23. The van der Waals surface area contributed by atoms with Gasteiger partial charge in [0.2, 0.25) is 0 Å². The van der Waals surface area contributed by atoms with Crippen LogP contribution in [0.3, 0.4) is 0 Å². The Hall–Kier alpha value is -3.50. The number of imidazole rings is 1. The topological polar surface area (TPSA) is 135 Å². The second-order valence-electron chi connectivity index (χ2n) is 9.19. The fourth-order valence-corrected chi connectivity index (χ4v) is 5.01. The first kappa shape index (κ1) is 24.6. The maximum atomic E-state index is 13.2. The quantitative estimate of drug-likeness (QED) is 0.297. The number of hydrogen-bond acceptors (Lipinski definition) is 7. The van der Waals surface area contributed by atoms with Crippen LogP contribution in [0.25, 0.3) is 15.9 Å². The molecule has 0 unspecified atom stereocenters. The molecule has 0 radical (unpaired) electrons. The van der Waals surface area contributed by atoms with Crippen molar-refractivity contribution in [3.63, 3.8) is 0 Å². The lowest BCUT2D eigenvalue weighted by atomic mass is 10.0. The van der Waals surface area contributed by atoms with Crippen LogP contribution >= 0.6 is 11.3 Å². The summed E-state index contributed by atoms with van der Waals surface area (Å²) in [4.78, 5) is 35.1. The van der Waals surface area contributed by atoms with Crippen LogP contribution in [-0.4, -0.2) is 43.9 Å². The van der Waals surface area contributed by atoms with Crippen molar-refractivity contribution in [2.24, 2.45) is 5.92 Å². The van der Waals surface area contributed by atoms with Crippen LogP contribution < -0.4 is 16.4 Å². The summed E-state index contributed by atoms with van der Waals surface area (Å²) in [5, 5.41) is 16.0. The average molecular weight is 495 g/mol. The Bertz CT molecular complexity index is 1410. The number of aliphatic hydroxyl groups is 1. The van der Waals surface area contributed by atoms with Gasteiger partial charge in [-0.15, -0.1) is 0 Å². The summed E-state index contributed by atoms with van der Waals surface area (Å²) in [6, 6.07) is 7.17. The van der Waals surface area contributed by atoms with Gasteiger partial charge in [0, 0.05) is 12.7 Å². The number of carbonyl (C=O) groups excluding carboxylic acids is 2. The highest BCUT2D eigenvalue weighted by atomic mass is 32.1. The molecular weight excluding hydrogens is 464 g/mol. The molecule has 35 heavy (non-hydrogen) atoms. The van der Waals surface area contributed by atoms with E-state index < -0.39 is 0 Å². The number of nitrogens with one attached hydrogen (secondary N) is 2. The van der Waals surface area contributed by atoms with Gasteiger partial charge in [0.25, 0.3) is 11.8 Å². The van der Waals surface area contributed by atoms with Crippen molar-refractivity contribution in [2.45, 2.75) is 46.7 Å². The van der Waals surface area contributed by atoms with E-state index in [9.17, 15) is 14.7 Å². The van der Waals surface area contributed by atoms with E-state index in [0.29, 0.717) is 46.6 Å². The Kier molecular flexibility index (Phi) is 7.04. The molecule has 0 aliphatic carbocycles. The van der Waals surface area contributed by atoms with E-state index in [0.717, 1.165) is 21.3 Å². The van der Waals surface area contributed by atoms with Crippen LogP contribution in [0.5, 0.6) is 0 Å². The Balaban J connectivity index is 1.59. The van der Waals surface area contributed by atoms with Gasteiger partial charge >= 0.3 is 0 Å². The number of aromatic nitrogens is 3. The molecule has 3 heterocycles. The third-order valence-electron chi connectivity index (χ3n) is 5.72. The van der Waals surface area contributed by atoms with Gasteiger partial charge in [0.15, 0.2) is 10.8 Å². The van der Waals surface area contributed by atoms with Gasteiger partial charge in [-0.25, -0.2) is 9.97 Å². The van der Waals surface area contributed by atoms with E-state index >= 15 is 0 Å². The number of hydrogen-bond donors (Lipinski definition) is 4. The Morgan fingerprint density at radius 2 is 1.94 bits per heavy atom. The number of nitrogen functional groups attached to an aromatic ring is 1. The van der Waals surface area contributed by atoms with Gasteiger partial charge in [-0.1, -0.05) is 31.3 Å². The van der Waals surface area contributed by atoms with E-state index in [-0.39, 0.29) is 24.5 Å². The van der Waals surface area contributed by atoms with E-state index in [1.54, 1.807) is 23.6 Å². The third kappa shape index (κ3) is 5.28. The Morgan fingerprint density at radius 1 is 1.17 bits per heavy atom. The molecule has 0 spiro atoms. The molecule has 0 fully saturated rings. The zero-order valence-corrected chi connectivity index (χ0v) is 21.1. The number of pyridine rings is 1. The standard InChI is InChI=1S/C25H30N6O3S/c1-13(2)7-17(12-32)29-24(34)21-15(4)28-22-18(8-14(3)11-31(21)22)23(33)27-10-16-5-6-19-20(9-16)35-25(26)30-19/h5-6,8-9,11,13,17,32H,7,10,12H2,1-4H3,(H2,26,30)(H,27,33)(H,29,34)/t17-/m0/s1. The fourth-order valence-electron chi connectivity index (χ4n) is 4.21. The minimum Gasteiger partial charge on any atom is -0.394 e. The van der Waals surface area contributed by atoms with Crippen molar-refractivity contribution < 1.29 is 14.7 Å². The summed E-state index contributed by atoms with van der Waals surface area (Å²) < 4.78 is 2.62. The maximum Gasteiger partial charge on any atom is 0.270 e. The summed E-state index contributed by atoms with van der Waals surface area (Å²) >= 11 is 1.40. The van der Waals surface area contributed by atoms with Crippen LogP contribution in [0.2, 0.25) is 0 Å². The predicted molar refractivity (Wildman–Crippen MR) is 138 cm³/mol. The summed E-state index contributed by atoms with van der Waals surface area (Å²) in [7, 11) is 0. The molecular formula is C25H30N6O3S. The average Bonchev–Trinajstić information content (AvgIpc) is 3.33. The number of fused-ring (bicyclic) bond motifs is 2. The molecule has 9 nitrogen and oxygen atoms in total. The van der Waals surface area contributed by atoms with Gasteiger partial charge in [0.05, 0.1) is 34.1 Å². The molecule has 184 valence electrons. The predicted octanol–water partition coefficient (Wildman–Crippen LogP) is 3.21. The van der Waals surface area contributed by atoms with Crippen molar-refractivity contribution in [3.05, 3.63) is 58.5 Å². The molecule has 0 saturated carbocycles. The molecule has 5 N–H and O–H groups in total. The van der Waals surface area contributed by atoms with Crippen LogP contribution in [0.15, 0.2) is 30.5 Å². The second kappa shape index (κ2) is 10.0. The molecule has 0 bridgehead atoms. The van der Waals surface area contributed by atoms with Crippen molar-refractivity contribution in [1.29, 1.82) is 0 Å². The lowest BCUT2D eigenvalue weighted by Crippen LogP contribution is -2.39. The van der Waals surface area contributed by atoms with Crippen LogP contribution in [0.4, 0.5) is 5.13 Å². The highest BCUT2D eigenvalue weighted by molar-refractivity contribution is 7.22. The van der Waals surface area contributed by atoms with Crippen LogP contribution in [0.1, 0.15) is 57.9 Å². The number of thiazole rings is 1. The van der Waals surface area contributed by atoms with E-state index in [1.807, 2.05) is 39.0 Å². The van der Waals surface area contributed by atoms with Crippen molar-refractivity contribution in [2.75, 3.05) is 12.3 Å². The number of benzene rings is 1. The number of rotatable bonds is 8. The number of nitrogens with two attached hydrogens (primary N) is 1. The maximum absolute atomic E-state index is 13.2. The molecule has 10 heteroatoms. The van der Waals surface area contributed by atoms with Gasteiger partial charge < -0.3 is 21.5 Å². The first-order valence-electron chi connectivity index (χ1n) is 11.5. The summed E-state index contributed by atoms with van der Waals surface area (Å²) in [6.07, 6.45) is 2.45. The second-order valence-corrected chi connectivity index (χ2v) is 10.3. The molecule has 2 amide bonds. The number of aryl methyl sites for hydroxylation is 2. The number of aliphatic hydroxyl groups excluding tert-OH is 1. The monoisotopic (exact) mass is 494 g/mol. The van der Waals surface area contributed by atoms with Crippen LogP contribution in [-0.2, 0) is 6.54 Å². The molecule has 0 saturated heterocycles. The minimum atomic E-state index is -0.355. The first-order chi connectivity index (χ1) is 16.7. The Morgan fingerprint density at radius 3 is 2.66 bits per heavy atom. The lowest BCUT2D eigenvalue weighted by molar-refractivity contribution is 0.0899. The minimum absolute atomic E-state index is 0.147. The zero-order valence-electron chi connectivity index (χ0n) is 20.3. The third-order valence-corrected chi connectivity index (χ3v) is 6.57. The van der Waals surface area contributed by atoms with Crippen LogP contribution in [0, 0.1) is 19.8 Å². The van der Waals surface area contributed by atoms with Crippen molar-refractivity contribution >= 4 is 44.1 Å². The lowest BCUT2D eigenvalue weighted by Gasteiger charge is -2.18. The molecule has 3 aromatic heterocycles. The summed E-state index contributed by atoms with van der Waals surface area (Å²) in [5.41, 5.74) is 10.0. The zero-order chi connectivity index (χ0) is 25.3. The van der Waals surface area contributed by atoms with Gasteiger partial charge in [-0.2, -0.15) is 0 Å². The molecule has 4 aromatic rings. The van der Waals surface area contributed by atoms with Crippen molar-refractivity contribution in [1.82, 2.24) is 25.0 Å². The smallest absolute Gasteiger partial charge is 0.270 e. The largest absolute Gasteiger partial charge is 0.394 e. The molecule has 1 aromatic carbocycles. The van der Waals surface area contributed by atoms with Crippen molar-refractivity contribution in [3.8, 4) is 0 Å². The van der Waals surface area contributed by atoms with Gasteiger partial charge in [-0.3, -0.25) is 14.0 Å². The molecule has 0 aliphatic rings. The normalized spacial score (nSPS) is 12.4. The summed E-state index contributed by atoms with van der Waals surface area (Å²) in [5.74, 6) is -0.293. The fraction of sp³-hybridized carbons (Fsp3) is 0.360. The molecule has 4 rings (SSSR count). The van der Waals surface area contributed by atoms with E-state index in [2.05, 4.69) is 20.6 Å². The Labute approximate surface area is 207 Å². The van der Waals surface area contributed by atoms with E-state index in [4.69, 9.17) is 5.73 Å². The van der Waals surface area contributed by atoms with Gasteiger partial charge in [-0.05, 0) is 55.5 Å². The summed E-state index contributed by atoms with van der Waals surface area (Å²) in [6.45, 7) is 7.86. The van der Waals surface area contributed by atoms with E-state index in [1.165, 1.54) is 11.3 Å². The number of amides is 2. The molecule has 1 atom stereocenters. The number of carbonyl (C=O) groups is 2. The SMILES string of the molecule is Cc1cc(C(=O)NCc2ccc3nc(N)sc3c2)c2nc(C)c(C(=O)N[C@H](CO)CC(C)C)n2c1. The molecule has 0 aliphatic heterocycles. The highest BCUT2D eigenvalue weighted by Crippen LogP contribution is 2.25. The first-order valence-corrected chi connectivity index (χ1v) is 12.3.